The molecule has 134 valence electrons. The van der Waals surface area contributed by atoms with Crippen molar-refractivity contribution in [2.24, 2.45) is 0 Å². The van der Waals surface area contributed by atoms with Crippen LogP contribution in [-0.4, -0.2) is 37.2 Å². The lowest BCUT2D eigenvalue weighted by atomic mass is 10.1. The summed E-state index contributed by atoms with van der Waals surface area (Å²) in [5, 5.41) is 2.84. The van der Waals surface area contributed by atoms with Crippen molar-refractivity contribution in [3.63, 3.8) is 0 Å². The van der Waals surface area contributed by atoms with E-state index < -0.39 is 0 Å². The van der Waals surface area contributed by atoms with Gasteiger partial charge in [-0.05, 0) is 50.8 Å². The van der Waals surface area contributed by atoms with Gasteiger partial charge in [0.25, 0.3) is 0 Å². The maximum Gasteiger partial charge on any atom is 0.220 e. The molecular formula is C19H23FN2O2S. The summed E-state index contributed by atoms with van der Waals surface area (Å²) < 4.78 is 13.4. The predicted molar refractivity (Wildman–Crippen MR) is 98.5 cm³/mol. The molecule has 1 heterocycles. The number of carbonyl (C=O) groups is 2. The first-order valence-corrected chi connectivity index (χ1v) is 8.96. The summed E-state index contributed by atoms with van der Waals surface area (Å²) >= 11 is 1.44. The average molecular weight is 362 g/mol. The Morgan fingerprint density at radius 2 is 1.96 bits per heavy atom. The quantitative estimate of drug-likeness (QED) is 0.730. The second-order valence-corrected chi connectivity index (χ2v) is 7.46. The van der Waals surface area contributed by atoms with Gasteiger partial charge in [-0.1, -0.05) is 12.1 Å². The number of likely N-dealkylation sites (N-methyl/N-ethyl adjacent to an activating group) is 1. The zero-order valence-electron chi connectivity index (χ0n) is 14.7. The second-order valence-electron chi connectivity index (χ2n) is 6.17. The first-order valence-electron chi connectivity index (χ1n) is 8.15. The van der Waals surface area contributed by atoms with Crippen LogP contribution in [0.4, 0.5) is 4.39 Å². The maximum absolute atomic E-state index is 13.4. The highest BCUT2D eigenvalue weighted by atomic mass is 32.1. The summed E-state index contributed by atoms with van der Waals surface area (Å²) in [4.78, 5) is 27.8. The van der Waals surface area contributed by atoms with Gasteiger partial charge in [0.15, 0.2) is 5.78 Å². The fraction of sp³-hybridized carbons (Fsp3) is 0.368. The van der Waals surface area contributed by atoms with Crippen molar-refractivity contribution in [3.05, 3.63) is 57.5 Å². The van der Waals surface area contributed by atoms with Crippen LogP contribution in [-0.2, 0) is 4.79 Å². The lowest BCUT2D eigenvalue weighted by molar-refractivity contribution is -0.121. The monoisotopic (exact) mass is 362 g/mol. The molecule has 1 unspecified atom stereocenters. The highest BCUT2D eigenvalue weighted by Crippen LogP contribution is 2.19. The molecule has 0 radical (unpaired) electrons. The van der Waals surface area contributed by atoms with E-state index in [0.29, 0.717) is 11.4 Å². The van der Waals surface area contributed by atoms with E-state index in [1.807, 2.05) is 38.1 Å². The second kappa shape index (κ2) is 8.87. The molecule has 4 nitrogen and oxygen atoms in total. The van der Waals surface area contributed by atoms with E-state index in [-0.39, 0.29) is 36.4 Å². The minimum atomic E-state index is -0.299. The van der Waals surface area contributed by atoms with Crippen LogP contribution in [0.5, 0.6) is 0 Å². The summed E-state index contributed by atoms with van der Waals surface area (Å²) in [6, 6.07) is 9.93. The number of thiophene rings is 1. The molecule has 0 spiro atoms. The number of aryl methyl sites for hydroxylation is 1. The maximum atomic E-state index is 13.4. The largest absolute Gasteiger partial charge is 0.354 e. The topological polar surface area (TPSA) is 49.4 Å². The van der Waals surface area contributed by atoms with Crippen molar-refractivity contribution in [3.8, 4) is 0 Å². The number of carbonyl (C=O) groups excluding carboxylic acids is 2. The molecule has 0 fully saturated rings. The van der Waals surface area contributed by atoms with Crippen LogP contribution in [0.25, 0.3) is 0 Å². The normalized spacial score (nSPS) is 12.2. The number of hydrogen-bond acceptors (Lipinski definition) is 4. The van der Waals surface area contributed by atoms with E-state index in [9.17, 15) is 14.0 Å². The number of amides is 1. The number of rotatable bonds is 8. The number of hydrogen-bond donors (Lipinski definition) is 1. The molecule has 1 aromatic heterocycles. The smallest absolute Gasteiger partial charge is 0.220 e. The molecule has 0 aliphatic heterocycles. The number of nitrogens with one attached hydrogen (secondary N) is 1. The Labute approximate surface area is 151 Å². The molecule has 1 N–H and O–H groups in total. The fourth-order valence-corrected chi connectivity index (χ4v) is 3.38. The molecular weight excluding hydrogens is 339 g/mol. The van der Waals surface area contributed by atoms with Gasteiger partial charge < -0.3 is 10.2 Å². The van der Waals surface area contributed by atoms with E-state index in [0.717, 1.165) is 10.4 Å². The van der Waals surface area contributed by atoms with E-state index in [2.05, 4.69) is 5.32 Å². The number of benzene rings is 1. The van der Waals surface area contributed by atoms with Gasteiger partial charge in [0.1, 0.15) is 5.82 Å². The first-order chi connectivity index (χ1) is 11.9. The Hall–Kier alpha value is -2.05. The first kappa shape index (κ1) is 19.3. The zero-order chi connectivity index (χ0) is 18.4. The minimum absolute atomic E-state index is 0.0115. The third-order valence-electron chi connectivity index (χ3n) is 3.94. The summed E-state index contributed by atoms with van der Waals surface area (Å²) in [6.07, 6.45) is 0.345. The molecule has 1 atom stereocenters. The van der Waals surface area contributed by atoms with Crippen molar-refractivity contribution in [2.45, 2.75) is 25.8 Å². The number of ketones is 1. The summed E-state index contributed by atoms with van der Waals surface area (Å²) in [6.45, 7) is 2.31. The zero-order valence-corrected chi connectivity index (χ0v) is 15.5. The van der Waals surface area contributed by atoms with Crippen LogP contribution in [0.15, 0.2) is 36.4 Å². The van der Waals surface area contributed by atoms with Crippen LogP contribution in [0.2, 0.25) is 0 Å². The predicted octanol–water partition coefficient (Wildman–Crippen LogP) is 3.58. The molecule has 25 heavy (non-hydrogen) atoms. The lowest BCUT2D eigenvalue weighted by Gasteiger charge is -2.25. The number of Topliss-reactive ketones (excluding diaryl/α,β-unsaturated/α-hetero) is 1. The van der Waals surface area contributed by atoms with Gasteiger partial charge in [-0.2, -0.15) is 0 Å². The molecule has 0 saturated carbocycles. The van der Waals surface area contributed by atoms with Crippen LogP contribution >= 0.6 is 11.3 Å². The van der Waals surface area contributed by atoms with Gasteiger partial charge in [0.2, 0.25) is 5.91 Å². The fourth-order valence-electron chi connectivity index (χ4n) is 2.55. The minimum Gasteiger partial charge on any atom is -0.354 e. The van der Waals surface area contributed by atoms with Crippen LogP contribution in [0.3, 0.4) is 0 Å². The molecule has 1 amide bonds. The summed E-state index contributed by atoms with van der Waals surface area (Å²) in [5.41, 5.74) is 0.801. The number of nitrogens with zero attached hydrogens (tertiary/aromatic N) is 1. The van der Waals surface area contributed by atoms with E-state index in [1.165, 1.54) is 23.5 Å². The summed E-state index contributed by atoms with van der Waals surface area (Å²) in [7, 11) is 3.76. The Morgan fingerprint density at radius 1 is 1.20 bits per heavy atom. The SMILES string of the molecule is Cc1ccc(C(=O)CCC(=O)NCC(c2cccc(F)c2)N(C)C)s1. The molecule has 2 rings (SSSR count). The summed E-state index contributed by atoms with van der Waals surface area (Å²) in [5.74, 6) is -0.486. The van der Waals surface area contributed by atoms with Crippen molar-refractivity contribution in [1.82, 2.24) is 10.2 Å². The Morgan fingerprint density at radius 3 is 2.56 bits per heavy atom. The standard InChI is InChI=1S/C19H23FN2O2S/c1-13-7-9-18(25-13)17(23)8-10-19(24)21-12-16(22(2)3)14-5-4-6-15(20)11-14/h4-7,9,11,16H,8,10,12H2,1-3H3,(H,21,24). The van der Waals surface area contributed by atoms with Gasteiger partial charge in [0, 0.05) is 24.3 Å². The van der Waals surface area contributed by atoms with Crippen molar-refractivity contribution >= 4 is 23.0 Å². The van der Waals surface area contributed by atoms with Crippen LogP contribution in [0.1, 0.15) is 39.0 Å². The molecule has 0 bridgehead atoms. The molecule has 6 heteroatoms. The van der Waals surface area contributed by atoms with Gasteiger partial charge in [0.05, 0.1) is 10.9 Å². The lowest BCUT2D eigenvalue weighted by Crippen LogP contribution is -2.34. The van der Waals surface area contributed by atoms with Crippen molar-refractivity contribution < 1.29 is 14.0 Å². The third-order valence-corrected chi connectivity index (χ3v) is 4.99. The van der Waals surface area contributed by atoms with Gasteiger partial charge in [-0.3, -0.25) is 9.59 Å². The molecule has 1 aromatic carbocycles. The Balaban J connectivity index is 1.86. The van der Waals surface area contributed by atoms with E-state index in [4.69, 9.17) is 0 Å². The Bertz CT molecular complexity index is 743. The Kier molecular flexibility index (Phi) is 6.84. The highest BCUT2D eigenvalue weighted by Gasteiger charge is 2.17. The molecule has 2 aromatic rings. The van der Waals surface area contributed by atoms with Crippen molar-refractivity contribution in [2.75, 3.05) is 20.6 Å². The van der Waals surface area contributed by atoms with Gasteiger partial charge >= 0.3 is 0 Å². The van der Waals surface area contributed by atoms with Gasteiger partial charge in [-0.15, -0.1) is 11.3 Å². The van der Waals surface area contributed by atoms with Crippen LogP contribution in [0, 0.1) is 12.7 Å². The molecule has 0 aliphatic rings. The highest BCUT2D eigenvalue weighted by molar-refractivity contribution is 7.14. The van der Waals surface area contributed by atoms with Crippen LogP contribution < -0.4 is 5.32 Å². The average Bonchev–Trinajstić information content (AvgIpc) is 2.99. The molecule has 0 saturated heterocycles. The molecule has 0 aliphatic carbocycles. The van der Waals surface area contributed by atoms with Crippen molar-refractivity contribution in [1.29, 1.82) is 0 Å². The van der Waals surface area contributed by atoms with E-state index >= 15 is 0 Å². The third kappa shape index (κ3) is 5.76. The van der Waals surface area contributed by atoms with E-state index in [1.54, 1.807) is 12.1 Å². The van der Waals surface area contributed by atoms with Gasteiger partial charge in [-0.25, -0.2) is 4.39 Å². The number of halogens is 1.